The summed E-state index contributed by atoms with van der Waals surface area (Å²) in [4.78, 5) is 15.8. The molecule has 9 nitrogen and oxygen atoms in total. The molecule has 0 atom stereocenters. The number of fused-ring (bicyclic) bond motifs is 1. The van der Waals surface area contributed by atoms with E-state index < -0.39 is 4.92 Å². The highest BCUT2D eigenvalue weighted by molar-refractivity contribution is 7.07. The molecule has 5 aromatic rings. The van der Waals surface area contributed by atoms with E-state index in [4.69, 9.17) is 4.42 Å². The normalized spacial score (nSPS) is 12.1. The predicted octanol–water partition coefficient (Wildman–Crippen LogP) is 5.40. The molecule has 0 saturated heterocycles. The fourth-order valence-electron chi connectivity index (χ4n) is 3.36. The van der Waals surface area contributed by atoms with Crippen LogP contribution in [0.1, 0.15) is 5.56 Å². The topological polar surface area (TPSA) is 126 Å². The third-order valence-electron chi connectivity index (χ3n) is 5.02. The quantitative estimate of drug-likeness (QED) is 0.153. The van der Waals surface area contributed by atoms with E-state index in [1.165, 1.54) is 34.4 Å². The van der Waals surface area contributed by atoms with E-state index in [2.05, 4.69) is 10.1 Å². The van der Waals surface area contributed by atoms with Crippen LogP contribution >= 0.6 is 11.3 Å². The van der Waals surface area contributed by atoms with Gasteiger partial charge in [0.1, 0.15) is 17.0 Å². The molecular weight excluding hydrogens is 456 g/mol. The van der Waals surface area contributed by atoms with E-state index in [1.807, 2.05) is 30.3 Å². The number of nitro benzene ring substituents is 1. The second-order valence-corrected chi connectivity index (χ2v) is 8.02. The molecule has 0 bridgehead atoms. The molecule has 10 heteroatoms. The molecule has 0 saturated carbocycles. The van der Waals surface area contributed by atoms with Gasteiger partial charge in [-0.25, -0.2) is 9.67 Å². The summed E-state index contributed by atoms with van der Waals surface area (Å²) in [5, 5.41) is 38.5. The van der Waals surface area contributed by atoms with Crippen molar-refractivity contribution in [1.82, 2.24) is 4.68 Å². The van der Waals surface area contributed by atoms with Gasteiger partial charge in [-0.2, -0.15) is 5.10 Å². The highest BCUT2D eigenvalue weighted by Gasteiger charge is 2.16. The molecule has 0 unspecified atom stereocenters. The first-order valence-electron chi connectivity index (χ1n) is 10.0. The third kappa shape index (κ3) is 3.93. The van der Waals surface area contributed by atoms with Gasteiger partial charge in [0.15, 0.2) is 17.3 Å². The van der Waals surface area contributed by atoms with Crippen LogP contribution < -0.4 is 4.80 Å². The van der Waals surface area contributed by atoms with Crippen LogP contribution in [0.2, 0.25) is 0 Å². The number of nitro groups is 1. The zero-order valence-corrected chi connectivity index (χ0v) is 18.2. The number of phenols is 2. The van der Waals surface area contributed by atoms with Crippen LogP contribution in [0.25, 0.3) is 22.4 Å². The van der Waals surface area contributed by atoms with Crippen LogP contribution in [-0.4, -0.2) is 26.0 Å². The van der Waals surface area contributed by atoms with Crippen molar-refractivity contribution >= 4 is 39.9 Å². The number of phenolic OH excluding ortho intramolecular Hbond substituents is 2. The smallest absolute Gasteiger partial charge is 0.294 e. The molecule has 2 aromatic heterocycles. The van der Waals surface area contributed by atoms with Crippen LogP contribution in [0.15, 0.2) is 92.7 Å². The molecule has 0 aliphatic heterocycles. The lowest BCUT2D eigenvalue weighted by Crippen LogP contribution is -2.11. The van der Waals surface area contributed by atoms with E-state index in [-0.39, 0.29) is 28.4 Å². The number of rotatable bonds is 5. The highest BCUT2D eigenvalue weighted by Crippen LogP contribution is 2.30. The molecule has 5 rings (SSSR count). The van der Waals surface area contributed by atoms with Crippen molar-refractivity contribution in [2.45, 2.75) is 0 Å². The summed E-state index contributed by atoms with van der Waals surface area (Å²) in [6.45, 7) is 0. The molecule has 34 heavy (non-hydrogen) atoms. The summed E-state index contributed by atoms with van der Waals surface area (Å²) in [6, 6.07) is 20.1. The number of aromatic hydroxyl groups is 2. The number of hydrogen-bond donors (Lipinski definition) is 2. The number of para-hydroxylation sites is 4. The monoisotopic (exact) mass is 472 g/mol. The minimum atomic E-state index is -0.495. The Hall–Kier alpha value is -4.70. The molecule has 0 aliphatic rings. The lowest BCUT2D eigenvalue weighted by Gasteiger charge is -2.03. The first-order valence-corrected chi connectivity index (χ1v) is 10.9. The van der Waals surface area contributed by atoms with Gasteiger partial charge >= 0.3 is 0 Å². The fraction of sp³-hybridized carbons (Fsp3) is 0. The average Bonchev–Trinajstić information content (AvgIpc) is 3.44. The van der Waals surface area contributed by atoms with Crippen molar-refractivity contribution < 1.29 is 19.6 Å². The van der Waals surface area contributed by atoms with Gasteiger partial charge in [0.05, 0.1) is 11.1 Å². The number of hydrogen-bond acceptors (Lipinski definition) is 8. The Bertz CT molecular complexity index is 1600. The van der Waals surface area contributed by atoms with Gasteiger partial charge in [-0.1, -0.05) is 36.4 Å². The SMILES string of the molecule is O=[N+]([O-])c1ccccc1N=c1scc(-c2cc3ccccc3o2)n1N=Cc1cccc(O)c1O. The molecule has 0 aliphatic carbocycles. The molecule has 0 radical (unpaired) electrons. The number of benzene rings is 3. The predicted molar refractivity (Wildman–Crippen MR) is 129 cm³/mol. The highest BCUT2D eigenvalue weighted by atomic mass is 32.1. The Balaban J connectivity index is 1.71. The van der Waals surface area contributed by atoms with Crippen molar-refractivity contribution in [3.05, 3.63) is 98.7 Å². The van der Waals surface area contributed by atoms with Gasteiger partial charge < -0.3 is 14.6 Å². The summed E-state index contributed by atoms with van der Waals surface area (Å²) in [7, 11) is 0. The van der Waals surface area contributed by atoms with Gasteiger partial charge in [-0.05, 0) is 30.3 Å². The lowest BCUT2D eigenvalue weighted by atomic mass is 10.2. The molecule has 2 heterocycles. The van der Waals surface area contributed by atoms with Gasteiger partial charge in [0.25, 0.3) is 5.69 Å². The third-order valence-corrected chi connectivity index (χ3v) is 5.83. The first kappa shape index (κ1) is 21.2. The zero-order chi connectivity index (χ0) is 23.7. The van der Waals surface area contributed by atoms with E-state index in [0.717, 1.165) is 5.39 Å². The number of thiazole rings is 1. The lowest BCUT2D eigenvalue weighted by molar-refractivity contribution is -0.384. The van der Waals surface area contributed by atoms with Gasteiger partial charge in [-0.15, -0.1) is 11.3 Å². The van der Waals surface area contributed by atoms with Crippen molar-refractivity contribution in [2.75, 3.05) is 0 Å². The van der Waals surface area contributed by atoms with E-state index >= 15 is 0 Å². The van der Waals surface area contributed by atoms with E-state index in [1.54, 1.807) is 35.7 Å². The van der Waals surface area contributed by atoms with Crippen LogP contribution in [-0.2, 0) is 0 Å². The van der Waals surface area contributed by atoms with Gasteiger partial charge in [-0.3, -0.25) is 10.1 Å². The first-order chi connectivity index (χ1) is 16.5. The molecule has 0 fully saturated rings. The number of aromatic nitrogens is 1. The van der Waals surface area contributed by atoms with Crippen LogP contribution in [0.3, 0.4) is 0 Å². The summed E-state index contributed by atoms with van der Waals surface area (Å²) >= 11 is 1.23. The van der Waals surface area contributed by atoms with Crippen molar-refractivity contribution in [3.8, 4) is 23.0 Å². The van der Waals surface area contributed by atoms with Crippen molar-refractivity contribution in [2.24, 2.45) is 10.1 Å². The molecule has 0 amide bonds. The average molecular weight is 472 g/mol. The van der Waals surface area contributed by atoms with E-state index in [9.17, 15) is 20.3 Å². The standard InChI is InChI=1S/C24H16N4O5S/c29-20-10-5-7-16(23(20)30)13-25-27-19(22-12-15-6-1-4-11-21(15)33-22)14-34-24(27)26-17-8-2-3-9-18(17)28(31)32/h1-14,29-30H. The Labute approximate surface area is 196 Å². The summed E-state index contributed by atoms with van der Waals surface area (Å²) in [6.07, 6.45) is 1.37. The van der Waals surface area contributed by atoms with Crippen LogP contribution in [0.4, 0.5) is 11.4 Å². The largest absolute Gasteiger partial charge is 0.504 e. The Morgan fingerprint density at radius 1 is 1.03 bits per heavy atom. The minimum Gasteiger partial charge on any atom is -0.504 e. The van der Waals surface area contributed by atoms with Crippen LogP contribution in [0, 0.1) is 10.1 Å². The maximum absolute atomic E-state index is 11.4. The van der Waals surface area contributed by atoms with Gasteiger partial charge in [0, 0.05) is 22.4 Å². The molecule has 168 valence electrons. The Morgan fingerprint density at radius 2 is 1.82 bits per heavy atom. The van der Waals surface area contributed by atoms with Crippen molar-refractivity contribution in [1.29, 1.82) is 0 Å². The molecule has 0 spiro atoms. The maximum Gasteiger partial charge on any atom is 0.294 e. The maximum atomic E-state index is 11.4. The summed E-state index contributed by atoms with van der Waals surface area (Å²) in [5.41, 5.74) is 1.58. The number of nitrogens with zero attached hydrogens (tertiary/aromatic N) is 4. The second-order valence-electron chi connectivity index (χ2n) is 7.18. The second kappa shape index (κ2) is 8.68. The molecule has 3 aromatic carbocycles. The number of furan rings is 1. The Kier molecular flexibility index (Phi) is 5.40. The van der Waals surface area contributed by atoms with Crippen LogP contribution in [0.5, 0.6) is 11.5 Å². The molecular formula is C24H16N4O5S. The van der Waals surface area contributed by atoms with Gasteiger partial charge in [0.2, 0.25) is 4.80 Å². The van der Waals surface area contributed by atoms with E-state index in [0.29, 0.717) is 21.8 Å². The summed E-state index contributed by atoms with van der Waals surface area (Å²) < 4.78 is 7.46. The Morgan fingerprint density at radius 3 is 2.65 bits per heavy atom. The van der Waals surface area contributed by atoms with Crippen molar-refractivity contribution in [3.63, 3.8) is 0 Å². The molecule has 2 N–H and O–H groups in total. The zero-order valence-electron chi connectivity index (χ0n) is 17.4. The fourth-order valence-corrected chi connectivity index (χ4v) is 4.19. The minimum absolute atomic E-state index is 0.137. The summed E-state index contributed by atoms with van der Waals surface area (Å²) in [5.74, 6) is -0.0649.